The van der Waals surface area contributed by atoms with Crippen molar-refractivity contribution < 1.29 is 0 Å². The second-order valence-corrected chi connectivity index (χ2v) is 4.76. The molecule has 19 heavy (non-hydrogen) atoms. The van der Waals surface area contributed by atoms with E-state index < -0.39 is 0 Å². The molecule has 0 radical (unpaired) electrons. The SMILES string of the molecule is CCc1cnc(C)nc1NC(C)Cc1cccnc1. The minimum atomic E-state index is 0.309. The molecule has 1 N–H and O–H groups in total. The number of rotatable bonds is 5. The molecule has 1 unspecified atom stereocenters. The van der Waals surface area contributed by atoms with Crippen LogP contribution in [0.1, 0.15) is 30.8 Å². The van der Waals surface area contributed by atoms with Crippen molar-refractivity contribution in [3.63, 3.8) is 0 Å². The maximum absolute atomic E-state index is 4.49. The highest BCUT2D eigenvalue weighted by molar-refractivity contribution is 5.44. The van der Waals surface area contributed by atoms with E-state index in [1.807, 2.05) is 25.4 Å². The van der Waals surface area contributed by atoms with Crippen LogP contribution in [0.5, 0.6) is 0 Å². The van der Waals surface area contributed by atoms with Crippen molar-refractivity contribution in [3.05, 3.63) is 47.7 Å². The molecule has 2 aromatic heterocycles. The fourth-order valence-electron chi connectivity index (χ4n) is 2.04. The Labute approximate surface area is 114 Å². The van der Waals surface area contributed by atoms with Crippen molar-refractivity contribution in [1.82, 2.24) is 15.0 Å². The van der Waals surface area contributed by atoms with Crippen LogP contribution in [0.3, 0.4) is 0 Å². The number of hydrogen-bond acceptors (Lipinski definition) is 4. The summed E-state index contributed by atoms with van der Waals surface area (Å²) in [6, 6.07) is 4.37. The first-order valence-electron chi connectivity index (χ1n) is 6.67. The van der Waals surface area contributed by atoms with Crippen LogP contribution in [-0.4, -0.2) is 21.0 Å². The van der Waals surface area contributed by atoms with Gasteiger partial charge >= 0.3 is 0 Å². The van der Waals surface area contributed by atoms with Crippen LogP contribution < -0.4 is 5.32 Å². The Hall–Kier alpha value is -1.97. The molecule has 0 aliphatic heterocycles. The lowest BCUT2D eigenvalue weighted by atomic mass is 10.1. The molecule has 2 rings (SSSR count). The molecule has 0 fully saturated rings. The van der Waals surface area contributed by atoms with Gasteiger partial charge in [-0.1, -0.05) is 13.0 Å². The molecule has 0 spiro atoms. The van der Waals surface area contributed by atoms with Crippen LogP contribution in [0.15, 0.2) is 30.7 Å². The molecule has 0 aliphatic carbocycles. The first-order valence-corrected chi connectivity index (χ1v) is 6.67. The van der Waals surface area contributed by atoms with Crippen molar-refractivity contribution in [2.45, 2.75) is 39.7 Å². The van der Waals surface area contributed by atoms with E-state index in [-0.39, 0.29) is 0 Å². The predicted molar refractivity (Wildman–Crippen MR) is 77.2 cm³/mol. The summed E-state index contributed by atoms with van der Waals surface area (Å²) in [5.74, 6) is 1.75. The van der Waals surface area contributed by atoms with Gasteiger partial charge in [-0.25, -0.2) is 9.97 Å². The molecule has 2 heterocycles. The van der Waals surface area contributed by atoms with Crippen LogP contribution in [0.25, 0.3) is 0 Å². The van der Waals surface area contributed by atoms with E-state index in [1.54, 1.807) is 6.20 Å². The first kappa shape index (κ1) is 13.5. The zero-order chi connectivity index (χ0) is 13.7. The average Bonchev–Trinajstić information content (AvgIpc) is 2.40. The molecule has 2 aromatic rings. The minimum absolute atomic E-state index is 0.309. The summed E-state index contributed by atoms with van der Waals surface area (Å²) in [4.78, 5) is 12.9. The molecule has 0 aliphatic rings. The fraction of sp³-hybridized carbons (Fsp3) is 0.400. The van der Waals surface area contributed by atoms with Crippen molar-refractivity contribution in [3.8, 4) is 0 Å². The number of hydrogen-bond donors (Lipinski definition) is 1. The molecule has 4 heteroatoms. The van der Waals surface area contributed by atoms with Gasteiger partial charge < -0.3 is 5.32 Å². The normalized spacial score (nSPS) is 12.2. The molecular weight excluding hydrogens is 236 g/mol. The molecule has 0 bridgehead atoms. The number of nitrogens with zero attached hydrogens (tertiary/aromatic N) is 3. The summed E-state index contributed by atoms with van der Waals surface area (Å²) in [7, 11) is 0. The van der Waals surface area contributed by atoms with Crippen LogP contribution in [0.2, 0.25) is 0 Å². The van der Waals surface area contributed by atoms with Crippen LogP contribution in [-0.2, 0) is 12.8 Å². The van der Waals surface area contributed by atoms with E-state index in [9.17, 15) is 0 Å². The summed E-state index contributed by atoms with van der Waals surface area (Å²) in [6.45, 7) is 6.19. The molecule has 100 valence electrons. The lowest BCUT2D eigenvalue weighted by Gasteiger charge is -2.17. The Morgan fingerprint density at radius 2 is 2.16 bits per heavy atom. The topological polar surface area (TPSA) is 50.7 Å². The maximum Gasteiger partial charge on any atom is 0.133 e. The summed E-state index contributed by atoms with van der Waals surface area (Å²) >= 11 is 0. The van der Waals surface area contributed by atoms with Gasteiger partial charge in [-0.05, 0) is 38.3 Å². The van der Waals surface area contributed by atoms with E-state index >= 15 is 0 Å². The highest BCUT2D eigenvalue weighted by atomic mass is 15.0. The van der Waals surface area contributed by atoms with Crippen molar-refractivity contribution in [2.24, 2.45) is 0 Å². The van der Waals surface area contributed by atoms with Gasteiger partial charge in [-0.15, -0.1) is 0 Å². The van der Waals surface area contributed by atoms with Crippen LogP contribution >= 0.6 is 0 Å². The standard InChI is InChI=1S/C15H20N4/c1-4-14-10-17-12(3)19-15(14)18-11(2)8-13-6-5-7-16-9-13/h5-7,9-11H,4,8H2,1-3H3,(H,17,18,19). The first-order chi connectivity index (χ1) is 9.19. The van der Waals surface area contributed by atoms with Crippen molar-refractivity contribution in [2.75, 3.05) is 5.32 Å². The van der Waals surface area contributed by atoms with E-state index in [0.29, 0.717) is 6.04 Å². The minimum Gasteiger partial charge on any atom is -0.367 e. The Kier molecular flexibility index (Phi) is 4.44. The third-order valence-corrected chi connectivity index (χ3v) is 3.01. The molecule has 0 saturated carbocycles. The van der Waals surface area contributed by atoms with Gasteiger partial charge in [0.25, 0.3) is 0 Å². The lowest BCUT2D eigenvalue weighted by Crippen LogP contribution is -2.20. The van der Waals surface area contributed by atoms with Gasteiger partial charge in [0.05, 0.1) is 0 Å². The van der Waals surface area contributed by atoms with Gasteiger partial charge in [-0.3, -0.25) is 4.98 Å². The predicted octanol–water partition coefficient (Wildman–Crippen LogP) is 2.79. The molecule has 0 aromatic carbocycles. The van der Waals surface area contributed by atoms with Gasteiger partial charge in [0.1, 0.15) is 11.6 Å². The Morgan fingerprint density at radius 3 is 2.84 bits per heavy atom. The second-order valence-electron chi connectivity index (χ2n) is 4.76. The number of anilines is 1. The summed E-state index contributed by atoms with van der Waals surface area (Å²) < 4.78 is 0. The summed E-state index contributed by atoms with van der Waals surface area (Å²) in [5.41, 5.74) is 2.38. The van der Waals surface area contributed by atoms with E-state index in [1.165, 1.54) is 5.56 Å². The van der Waals surface area contributed by atoms with Crippen molar-refractivity contribution in [1.29, 1.82) is 0 Å². The van der Waals surface area contributed by atoms with Crippen LogP contribution in [0.4, 0.5) is 5.82 Å². The monoisotopic (exact) mass is 256 g/mol. The van der Waals surface area contributed by atoms with Crippen LogP contribution in [0, 0.1) is 6.92 Å². The van der Waals surface area contributed by atoms with Gasteiger partial charge in [0.15, 0.2) is 0 Å². The number of pyridine rings is 1. The third-order valence-electron chi connectivity index (χ3n) is 3.01. The highest BCUT2D eigenvalue weighted by Crippen LogP contribution is 2.14. The summed E-state index contributed by atoms with van der Waals surface area (Å²) in [5, 5.41) is 3.47. The zero-order valence-corrected chi connectivity index (χ0v) is 11.7. The van der Waals surface area contributed by atoms with Gasteiger partial charge in [-0.2, -0.15) is 0 Å². The fourth-order valence-corrected chi connectivity index (χ4v) is 2.04. The molecule has 1 atom stereocenters. The number of aryl methyl sites for hydroxylation is 2. The Morgan fingerprint density at radius 1 is 1.32 bits per heavy atom. The second kappa shape index (κ2) is 6.27. The van der Waals surface area contributed by atoms with Gasteiger partial charge in [0.2, 0.25) is 0 Å². The molecule has 0 amide bonds. The maximum atomic E-state index is 4.49. The number of aromatic nitrogens is 3. The van der Waals surface area contributed by atoms with E-state index in [4.69, 9.17) is 0 Å². The Bertz CT molecular complexity index is 525. The molecule has 0 saturated heterocycles. The smallest absolute Gasteiger partial charge is 0.133 e. The quantitative estimate of drug-likeness (QED) is 0.893. The lowest BCUT2D eigenvalue weighted by molar-refractivity contribution is 0.774. The summed E-state index contributed by atoms with van der Waals surface area (Å²) in [6.07, 6.45) is 7.47. The average molecular weight is 256 g/mol. The van der Waals surface area contributed by atoms with Gasteiger partial charge in [0, 0.05) is 30.2 Å². The number of nitrogens with one attached hydrogen (secondary N) is 1. The van der Waals surface area contributed by atoms with Crippen molar-refractivity contribution >= 4 is 5.82 Å². The van der Waals surface area contributed by atoms with E-state index in [0.717, 1.165) is 30.0 Å². The van der Waals surface area contributed by atoms with E-state index in [2.05, 4.69) is 40.2 Å². The zero-order valence-electron chi connectivity index (χ0n) is 11.7. The Balaban J connectivity index is 2.06. The third kappa shape index (κ3) is 3.74. The molecule has 4 nitrogen and oxygen atoms in total. The highest BCUT2D eigenvalue weighted by Gasteiger charge is 2.08. The largest absolute Gasteiger partial charge is 0.367 e. The molecular formula is C15H20N4.